The van der Waals surface area contributed by atoms with Crippen molar-refractivity contribution >= 4 is 34.2 Å². The van der Waals surface area contributed by atoms with Gasteiger partial charge >= 0.3 is 6.03 Å². The molecular formula is C19H18ClN3O2. The molecule has 0 atom stereocenters. The maximum atomic E-state index is 12.6. The molecule has 2 aromatic carbocycles. The number of carbonyl (C=O) groups is 1. The molecule has 25 heavy (non-hydrogen) atoms. The Hall–Kier alpha value is -2.66. The van der Waals surface area contributed by atoms with Crippen molar-refractivity contribution in [1.29, 1.82) is 0 Å². The van der Waals surface area contributed by atoms with Crippen molar-refractivity contribution in [1.82, 2.24) is 9.88 Å². The Balaban J connectivity index is 1.58. The van der Waals surface area contributed by atoms with E-state index >= 15 is 0 Å². The number of carbonyl (C=O) groups excluding carboxylic acids is 1. The van der Waals surface area contributed by atoms with Gasteiger partial charge in [-0.15, -0.1) is 0 Å². The van der Waals surface area contributed by atoms with E-state index in [-0.39, 0.29) is 6.03 Å². The molecule has 2 amide bonds. The normalized spacial score (nSPS) is 13.6. The number of ether oxygens (including phenoxy) is 1. The van der Waals surface area contributed by atoms with Crippen LogP contribution in [0.1, 0.15) is 11.3 Å². The third kappa shape index (κ3) is 2.91. The van der Waals surface area contributed by atoms with Crippen LogP contribution in [0.3, 0.4) is 0 Å². The maximum Gasteiger partial charge on any atom is 0.322 e. The number of anilines is 1. The number of fused-ring (bicyclic) bond motifs is 3. The number of para-hydroxylation sites is 1. The van der Waals surface area contributed by atoms with Gasteiger partial charge in [-0.1, -0.05) is 23.7 Å². The molecule has 0 radical (unpaired) electrons. The fourth-order valence-corrected chi connectivity index (χ4v) is 3.42. The lowest BCUT2D eigenvalue weighted by atomic mass is 10.0. The van der Waals surface area contributed by atoms with Gasteiger partial charge in [-0.3, -0.25) is 0 Å². The Morgan fingerprint density at radius 3 is 2.80 bits per heavy atom. The lowest BCUT2D eigenvalue weighted by Crippen LogP contribution is -2.38. The summed E-state index contributed by atoms with van der Waals surface area (Å²) < 4.78 is 5.43. The van der Waals surface area contributed by atoms with Gasteiger partial charge in [0, 0.05) is 46.9 Å². The van der Waals surface area contributed by atoms with Crippen molar-refractivity contribution < 1.29 is 9.53 Å². The fourth-order valence-electron chi connectivity index (χ4n) is 3.29. The first-order chi connectivity index (χ1) is 12.2. The van der Waals surface area contributed by atoms with Crippen LogP contribution >= 0.6 is 11.6 Å². The Morgan fingerprint density at radius 2 is 2.04 bits per heavy atom. The van der Waals surface area contributed by atoms with Gasteiger partial charge in [0.2, 0.25) is 0 Å². The van der Waals surface area contributed by atoms with Crippen molar-refractivity contribution in [3.8, 4) is 5.75 Å². The first-order valence-corrected chi connectivity index (χ1v) is 8.51. The number of urea groups is 1. The Bertz CT molecular complexity index is 934. The van der Waals surface area contributed by atoms with Crippen molar-refractivity contribution in [2.24, 2.45) is 0 Å². The molecule has 5 nitrogen and oxygen atoms in total. The predicted octanol–water partition coefficient (Wildman–Crippen LogP) is 4.42. The van der Waals surface area contributed by atoms with Crippen LogP contribution in [0.2, 0.25) is 5.02 Å². The molecule has 0 saturated heterocycles. The zero-order valence-corrected chi connectivity index (χ0v) is 14.6. The second-order valence-corrected chi connectivity index (χ2v) is 6.51. The van der Waals surface area contributed by atoms with E-state index in [1.165, 1.54) is 5.69 Å². The van der Waals surface area contributed by atoms with E-state index in [2.05, 4.69) is 16.4 Å². The highest BCUT2D eigenvalue weighted by Crippen LogP contribution is 2.33. The molecule has 1 aliphatic heterocycles. The zero-order chi connectivity index (χ0) is 17.4. The maximum absolute atomic E-state index is 12.6. The third-order valence-electron chi connectivity index (χ3n) is 4.57. The summed E-state index contributed by atoms with van der Waals surface area (Å²) >= 11 is 5.88. The first kappa shape index (κ1) is 15.8. The topological polar surface area (TPSA) is 57.4 Å². The van der Waals surface area contributed by atoms with Crippen LogP contribution in [0.5, 0.6) is 5.75 Å². The van der Waals surface area contributed by atoms with Gasteiger partial charge in [-0.2, -0.15) is 0 Å². The van der Waals surface area contributed by atoms with Crippen molar-refractivity contribution in [2.45, 2.75) is 13.0 Å². The summed E-state index contributed by atoms with van der Waals surface area (Å²) in [4.78, 5) is 17.9. The number of hydrogen-bond acceptors (Lipinski definition) is 2. The van der Waals surface area contributed by atoms with Gasteiger partial charge in [0.05, 0.1) is 12.6 Å². The number of H-pyrrole nitrogens is 1. The van der Waals surface area contributed by atoms with E-state index in [1.54, 1.807) is 31.4 Å². The predicted molar refractivity (Wildman–Crippen MR) is 99.4 cm³/mol. The lowest BCUT2D eigenvalue weighted by molar-refractivity contribution is 0.206. The smallest absolute Gasteiger partial charge is 0.322 e. The van der Waals surface area contributed by atoms with Crippen LogP contribution in [-0.4, -0.2) is 29.6 Å². The molecule has 0 aliphatic carbocycles. The Labute approximate surface area is 150 Å². The van der Waals surface area contributed by atoms with Gasteiger partial charge in [0.15, 0.2) is 0 Å². The number of halogens is 1. The molecule has 128 valence electrons. The summed E-state index contributed by atoms with van der Waals surface area (Å²) in [6.07, 6.45) is 0.793. The van der Waals surface area contributed by atoms with Crippen LogP contribution in [0.4, 0.5) is 10.5 Å². The molecule has 3 aromatic rings. The van der Waals surface area contributed by atoms with Gasteiger partial charge in [-0.25, -0.2) is 4.79 Å². The highest BCUT2D eigenvalue weighted by atomic mass is 35.5. The van der Waals surface area contributed by atoms with E-state index in [0.29, 0.717) is 18.1 Å². The largest absolute Gasteiger partial charge is 0.495 e. The molecule has 0 saturated carbocycles. The van der Waals surface area contributed by atoms with Crippen LogP contribution in [0.25, 0.3) is 10.9 Å². The lowest BCUT2D eigenvalue weighted by Gasteiger charge is -2.27. The third-order valence-corrected chi connectivity index (χ3v) is 4.83. The molecule has 2 heterocycles. The van der Waals surface area contributed by atoms with Crippen LogP contribution < -0.4 is 10.1 Å². The number of benzene rings is 2. The highest BCUT2D eigenvalue weighted by Gasteiger charge is 2.24. The van der Waals surface area contributed by atoms with Crippen molar-refractivity contribution in [3.63, 3.8) is 0 Å². The number of aromatic amines is 1. The van der Waals surface area contributed by atoms with Crippen molar-refractivity contribution in [3.05, 3.63) is 58.7 Å². The van der Waals surface area contributed by atoms with Crippen molar-refractivity contribution in [2.75, 3.05) is 19.0 Å². The summed E-state index contributed by atoms with van der Waals surface area (Å²) in [5, 5.41) is 4.68. The number of nitrogens with zero attached hydrogens (tertiary/aromatic N) is 1. The number of hydrogen-bond donors (Lipinski definition) is 2. The first-order valence-electron chi connectivity index (χ1n) is 8.13. The summed E-state index contributed by atoms with van der Waals surface area (Å²) in [5.74, 6) is 0.823. The van der Waals surface area contributed by atoms with Gasteiger partial charge in [0.1, 0.15) is 5.75 Å². The van der Waals surface area contributed by atoms with Gasteiger partial charge in [-0.05, 0) is 30.3 Å². The monoisotopic (exact) mass is 355 g/mol. The molecule has 0 spiro atoms. The van der Waals surface area contributed by atoms with E-state index in [1.807, 2.05) is 17.0 Å². The molecule has 2 N–H and O–H groups in total. The Kier molecular flexibility index (Phi) is 4.01. The van der Waals surface area contributed by atoms with Gasteiger partial charge in [0.25, 0.3) is 0 Å². The Morgan fingerprint density at radius 1 is 1.24 bits per heavy atom. The molecule has 0 fully saturated rings. The summed E-state index contributed by atoms with van der Waals surface area (Å²) in [6.45, 7) is 1.24. The molecule has 0 bridgehead atoms. The minimum Gasteiger partial charge on any atom is -0.495 e. The van der Waals surface area contributed by atoms with E-state index in [0.717, 1.165) is 34.3 Å². The molecule has 1 aliphatic rings. The summed E-state index contributed by atoms with van der Waals surface area (Å²) in [7, 11) is 1.67. The highest BCUT2D eigenvalue weighted by molar-refractivity contribution is 6.30. The minimum absolute atomic E-state index is 0.106. The van der Waals surface area contributed by atoms with Gasteiger partial charge < -0.3 is 19.9 Å². The number of methoxy groups -OCH3 is 1. The second-order valence-electron chi connectivity index (χ2n) is 6.07. The van der Waals surface area contributed by atoms with E-state index < -0.39 is 0 Å². The molecule has 6 heteroatoms. The average Bonchev–Trinajstić information content (AvgIpc) is 3.01. The quantitative estimate of drug-likeness (QED) is 0.715. The van der Waals surface area contributed by atoms with Crippen LogP contribution in [0.15, 0.2) is 42.5 Å². The van der Waals surface area contributed by atoms with E-state index in [9.17, 15) is 4.79 Å². The minimum atomic E-state index is -0.106. The fraction of sp³-hybridized carbons (Fsp3) is 0.211. The summed E-state index contributed by atoms with van der Waals surface area (Å²) in [6, 6.07) is 13.0. The molecular weight excluding hydrogens is 338 g/mol. The number of amides is 2. The zero-order valence-electron chi connectivity index (χ0n) is 13.8. The molecule has 1 aromatic heterocycles. The second kappa shape index (κ2) is 6.33. The van der Waals surface area contributed by atoms with Crippen LogP contribution in [-0.2, 0) is 13.0 Å². The number of nitrogens with one attached hydrogen (secondary N) is 2. The average molecular weight is 356 g/mol. The molecule has 4 rings (SSSR count). The summed E-state index contributed by atoms with van der Waals surface area (Å²) in [5.41, 5.74) is 4.07. The number of aromatic nitrogens is 1. The standard InChI is InChI=1S/C19H18ClN3O2/c1-25-17-4-2-3-14-15-11-23(10-9-16(15)22-18(14)17)19(24)21-13-7-5-12(20)6-8-13/h2-8,22H,9-11H2,1H3,(H,21,24). The van der Waals surface area contributed by atoms with Crippen LogP contribution in [0, 0.1) is 0 Å². The SMILES string of the molecule is COc1cccc2c3c([nH]c12)CCN(C(=O)Nc1ccc(Cl)cc1)C3. The molecule has 0 unspecified atom stereocenters. The number of rotatable bonds is 2. The van der Waals surface area contributed by atoms with E-state index in [4.69, 9.17) is 16.3 Å².